The first kappa shape index (κ1) is 11.2. The van der Waals surface area contributed by atoms with Crippen molar-refractivity contribution in [1.82, 2.24) is 4.98 Å². The molecule has 0 saturated carbocycles. The van der Waals surface area contributed by atoms with Gasteiger partial charge in [-0.1, -0.05) is 42.5 Å². The zero-order valence-corrected chi connectivity index (χ0v) is 11.7. The molecule has 0 spiro atoms. The molecule has 1 heteroatoms. The minimum absolute atomic E-state index is 1.14. The molecule has 100 valence electrons. The molecule has 0 unspecified atom stereocenters. The van der Waals surface area contributed by atoms with Gasteiger partial charge in [-0.3, -0.25) is 0 Å². The summed E-state index contributed by atoms with van der Waals surface area (Å²) in [6.07, 6.45) is 2.29. The zero-order chi connectivity index (χ0) is 13.8. The van der Waals surface area contributed by atoms with E-state index in [2.05, 4.69) is 65.6 Å². The van der Waals surface area contributed by atoms with Gasteiger partial charge >= 0.3 is 0 Å². The summed E-state index contributed by atoms with van der Waals surface area (Å²) in [5.74, 6) is 0. The molecule has 0 bridgehead atoms. The third-order valence-electron chi connectivity index (χ3n) is 4.70. The third kappa shape index (κ3) is 1.52. The van der Waals surface area contributed by atoms with Crippen LogP contribution in [0.2, 0.25) is 0 Å². The molecule has 0 radical (unpaired) electrons. The fourth-order valence-electron chi connectivity index (χ4n) is 3.67. The Morgan fingerprint density at radius 2 is 1.43 bits per heavy atom. The number of para-hydroxylation sites is 1. The summed E-state index contributed by atoms with van der Waals surface area (Å²) < 4.78 is 0. The van der Waals surface area contributed by atoms with Crippen LogP contribution in [0.15, 0.2) is 60.7 Å². The Morgan fingerprint density at radius 3 is 2.43 bits per heavy atom. The average Bonchev–Trinajstić information content (AvgIpc) is 2.90. The standard InChI is InChI=1S/C20H15N/c1-2-6-15-13(5-1)9-10-14-11-18-16-7-3-4-8-19(16)21-20(18)12-17(14)15/h1-8,11-12,21H,9-10H2. The summed E-state index contributed by atoms with van der Waals surface area (Å²) >= 11 is 0. The Hall–Kier alpha value is -2.54. The monoisotopic (exact) mass is 269 g/mol. The molecule has 1 N–H and O–H groups in total. The predicted octanol–water partition coefficient (Wildman–Crippen LogP) is 5.09. The Morgan fingerprint density at radius 1 is 0.619 bits per heavy atom. The Bertz CT molecular complexity index is 991. The molecule has 1 aliphatic rings. The van der Waals surface area contributed by atoms with Gasteiger partial charge in [-0.2, -0.15) is 0 Å². The molecule has 0 amide bonds. The molecule has 21 heavy (non-hydrogen) atoms. The van der Waals surface area contributed by atoms with Crippen LogP contribution in [0.5, 0.6) is 0 Å². The highest BCUT2D eigenvalue weighted by Crippen LogP contribution is 2.37. The van der Waals surface area contributed by atoms with Crippen LogP contribution < -0.4 is 0 Å². The van der Waals surface area contributed by atoms with Crippen molar-refractivity contribution in [3.05, 3.63) is 71.8 Å². The number of hydrogen-bond donors (Lipinski definition) is 1. The number of nitrogens with one attached hydrogen (secondary N) is 1. The van der Waals surface area contributed by atoms with Crippen molar-refractivity contribution in [2.75, 3.05) is 0 Å². The normalized spacial score (nSPS) is 13.3. The predicted molar refractivity (Wildman–Crippen MR) is 88.6 cm³/mol. The van der Waals surface area contributed by atoms with Gasteiger partial charge in [-0.15, -0.1) is 0 Å². The highest BCUT2D eigenvalue weighted by Gasteiger charge is 2.17. The third-order valence-corrected chi connectivity index (χ3v) is 4.70. The summed E-state index contributed by atoms with van der Waals surface area (Å²) in [6.45, 7) is 0. The SMILES string of the molecule is c1ccc2c(c1)CCc1cc3c(cc1-2)[nH]c1ccccc13. The molecule has 1 aromatic heterocycles. The van der Waals surface area contributed by atoms with E-state index in [4.69, 9.17) is 0 Å². The van der Waals surface area contributed by atoms with Crippen molar-refractivity contribution in [1.29, 1.82) is 0 Å². The van der Waals surface area contributed by atoms with Gasteiger partial charge in [-0.05, 0) is 53.3 Å². The van der Waals surface area contributed by atoms with E-state index in [1.165, 1.54) is 44.1 Å². The highest BCUT2D eigenvalue weighted by atomic mass is 14.7. The lowest BCUT2D eigenvalue weighted by Gasteiger charge is -2.19. The van der Waals surface area contributed by atoms with Gasteiger partial charge in [0.15, 0.2) is 0 Å². The summed E-state index contributed by atoms with van der Waals surface area (Å²) in [4.78, 5) is 3.56. The van der Waals surface area contributed by atoms with Crippen molar-refractivity contribution < 1.29 is 0 Å². The number of aromatic nitrogens is 1. The molecule has 5 rings (SSSR count). The largest absolute Gasteiger partial charge is 0.354 e. The molecular weight excluding hydrogens is 254 g/mol. The van der Waals surface area contributed by atoms with Crippen molar-refractivity contribution in [2.45, 2.75) is 12.8 Å². The van der Waals surface area contributed by atoms with E-state index >= 15 is 0 Å². The van der Waals surface area contributed by atoms with Crippen LogP contribution >= 0.6 is 0 Å². The fourth-order valence-corrected chi connectivity index (χ4v) is 3.67. The Kier molecular flexibility index (Phi) is 2.12. The zero-order valence-electron chi connectivity index (χ0n) is 11.7. The average molecular weight is 269 g/mol. The van der Waals surface area contributed by atoms with E-state index in [1.54, 1.807) is 0 Å². The van der Waals surface area contributed by atoms with Gasteiger partial charge in [0.1, 0.15) is 0 Å². The maximum atomic E-state index is 3.56. The molecule has 1 heterocycles. The van der Waals surface area contributed by atoms with Crippen molar-refractivity contribution in [2.24, 2.45) is 0 Å². The lowest BCUT2D eigenvalue weighted by molar-refractivity contribution is 0.944. The van der Waals surface area contributed by atoms with Gasteiger partial charge in [0.2, 0.25) is 0 Å². The second kappa shape index (κ2) is 3.98. The molecule has 3 aromatic carbocycles. The minimum Gasteiger partial charge on any atom is -0.354 e. The topological polar surface area (TPSA) is 15.8 Å². The van der Waals surface area contributed by atoms with E-state index in [0.717, 1.165) is 12.8 Å². The summed E-state index contributed by atoms with van der Waals surface area (Å²) in [5.41, 5.74) is 8.22. The molecule has 4 aromatic rings. The van der Waals surface area contributed by atoms with Crippen LogP contribution in [0.3, 0.4) is 0 Å². The van der Waals surface area contributed by atoms with Crippen molar-refractivity contribution in [3.63, 3.8) is 0 Å². The van der Waals surface area contributed by atoms with Gasteiger partial charge < -0.3 is 4.98 Å². The Balaban J connectivity index is 1.89. The van der Waals surface area contributed by atoms with Crippen LogP contribution in [0, 0.1) is 0 Å². The van der Waals surface area contributed by atoms with Crippen LogP contribution in [-0.4, -0.2) is 4.98 Å². The first-order chi connectivity index (χ1) is 10.4. The number of aryl methyl sites for hydroxylation is 2. The lowest BCUT2D eigenvalue weighted by atomic mass is 9.85. The van der Waals surface area contributed by atoms with Crippen molar-refractivity contribution in [3.8, 4) is 11.1 Å². The molecule has 1 aliphatic carbocycles. The van der Waals surface area contributed by atoms with Crippen LogP contribution in [-0.2, 0) is 12.8 Å². The summed E-state index contributed by atoms with van der Waals surface area (Å²) in [5, 5.41) is 2.68. The first-order valence-electron chi connectivity index (χ1n) is 7.52. The van der Waals surface area contributed by atoms with E-state index in [9.17, 15) is 0 Å². The van der Waals surface area contributed by atoms with Crippen molar-refractivity contribution >= 4 is 21.8 Å². The van der Waals surface area contributed by atoms with Gasteiger partial charge in [-0.25, -0.2) is 0 Å². The second-order valence-corrected chi connectivity index (χ2v) is 5.88. The number of rotatable bonds is 0. The molecule has 0 aliphatic heterocycles. The summed E-state index contributed by atoms with van der Waals surface area (Å²) in [6, 6.07) is 22.1. The van der Waals surface area contributed by atoms with Gasteiger partial charge in [0.25, 0.3) is 0 Å². The molecule has 1 nitrogen and oxygen atoms in total. The van der Waals surface area contributed by atoms with Gasteiger partial charge in [0, 0.05) is 21.8 Å². The maximum absolute atomic E-state index is 3.56. The van der Waals surface area contributed by atoms with Crippen LogP contribution in [0.25, 0.3) is 32.9 Å². The van der Waals surface area contributed by atoms with E-state index in [1.807, 2.05) is 0 Å². The van der Waals surface area contributed by atoms with E-state index < -0.39 is 0 Å². The second-order valence-electron chi connectivity index (χ2n) is 5.88. The molecule has 0 atom stereocenters. The Labute approximate surface area is 123 Å². The highest BCUT2D eigenvalue weighted by molar-refractivity contribution is 6.08. The number of fused-ring (bicyclic) bond motifs is 6. The molecule has 0 saturated heterocycles. The number of benzene rings is 3. The lowest BCUT2D eigenvalue weighted by Crippen LogP contribution is -2.03. The fraction of sp³-hybridized carbons (Fsp3) is 0.100. The molecular formula is C20H15N. The minimum atomic E-state index is 1.14. The van der Waals surface area contributed by atoms with E-state index in [-0.39, 0.29) is 0 Å². The van der Waals surface area contributed by atoms with Crippen LogP contribution in [0.1, 0.15) is 11.1 Å². The maximum Gasteiger partial charge on any atom is 0.0471 e. The van der Waals surface area contributed by atoms with E-state index in [0.29, 0.717) is 0 Å². The number of H-pyrrole nitrogens is 1. The van der Waals surface area contributed by atoms with Gasteiger partial charge in [0.05, 0.1) is 0 Å². The molecule has 0 fully saturated rings. The first-order valence-corrected chi connectivity index (χ1v) is 7.52. The number of aromatic amines is 1. The summed E-state index contributed by atoms with van der Waals surface area (Å²) in [7, 11) is 0. The quantitative estimate of drug-likeness (QED) is 0.458. The number of hydrogen-bond acceptors (Lipinski definition) is 0. The van der Waals surface area contributed by atoms with Crippen LogP contribution in [0.4, 0.5) is 0 Å². The smallest absolute Gasteiger partial charge is 0.0471 e.